The summed E-state index contributed by atoms with van der Waals surface area (Å²) in [5.74, 6) is 1.50. The van der Waals surface area contributed by atoms with Gasteiger partial charge in [-0.25, -0.2) is 28.4 Å². The van der Waals surface area contributed by atoms with E-state index >= 15 is 0 Å². The fraction of sp³-hybridized carbons (Fsp3) is 0.217. The molecule has 2 aromatic carbocycles. The van der Waals surface area contributed by atoms with Crippen molar-refractivity contribution in [1.82, 2.24) is 19.9 Å². The second-order valence-electron chi connectivity index (χ2n) is 7.99. The van der Waals surface area contributed by atoms with Crippen molar-refractivity contribution in [2.75, 3.05) is 47.9 Å². The third-order valence-corrected chi connectivity index (χ3v) is 6.02. The summed E-state index contributed by atoms with van der Waals surface area (Å²) in [7, 11) is -3.38. The molecule has 0 bridgehead atoms. The van der Waals surface area contributed by atoms with E-state index in [4.69, 9.17) is 20.4 Å². The Morgan fingerprint density at radius 2 is 1.71 bits per heavy atom. The van der Waals surface area contributed by atoms with Crippen molar-refractivity contribution in [3.8, 4) is 22.5 Å². The Labute approximate surface area is 196 Å². The summed E-state index contributed by atoms with van der Waals surface area (Å²) in [6.07, 6.45) is 4.34. The molecule has 34 heavy (non-hydrogen) atoms. The van der Waals surface area contributed by atoms with Gasteiger partial charge >= 0.3 is 0 Å². The Balaban J connectivity index is 1.63. The van der Waals surface area contributed by atoms with Gasteiger partial charge in [-0.1, -0.05) is 18.2 Å². The van der Waals surface area contributed by atoms with E-state index in [1.807, 2.05) is 30.3 Å². The molecule has 3 N–H and O–H groups in total. The second kappa shape index (κ2) is 8.84. The predicted octanol–water partition coefficient (Wildman–Crippen LogP) is 2.54. The van der Waals surface area contributed by atoms with Crippen LogP contribution in [0.3, 0.4) is 0 Å². The van der Waals surface area contributed by atoms with Crippen LogP contribution >= 0.6 is 0 Å². The third kappa shape index (κ3) is 4.75. The Hall–Kier alpha value is -3.83. The van der Waals surface area contributed by atoms with Gasteiger partial charge in [0.05, 0.1) is 30.5 Å². The van der Waals surface area contributed by atoms with Crippen LogP contribution in [0, 0.1) is 0 Å². The van der Waals surface area contributed by atoms with Crippen molar-refractivity contribution < 1.29 is 13.2 Å². The van der Waals surface area contributed by atoms with Crippen LogP contribution in [0.1, 0.15) is 0 Å². The Morgan fingerprint density at radius 3 is 2.44 bits per heavy atom. The van der Waals surface area contributed by atoms with Crippen LogP contribution in [0.4, 0.5) is 17.5 Å². The number of nitrogens with two attached hydrogens (primary N) is 1. The monoisotopic (exact) mass is 477 g/mol. The van der Waals surface area contributed by atoms with Gasteiger partial charge in [0.25, 0.3) is 0 Å². The van der Waals surface area contributed by atoms with E-state index in [0.29, 0.717) is 30.3 Å². The molecular formula is C23H23N7O3S. The number of hydrogen-bond acceptors (Lipinski definition) is 9. The van der Waals surface area contributed by atoms with E-state index < -0.39 is 10.0 Å². The average Bonchev–Trinajstić information content (AvgIpc) is 2.83. The molecule has 10 nitrogen and oxygen atoms in total. The number of aromatic nitrogens is 4. The van der Waals surface area contributed by atoms with E-state index in [0.717, 1.165) is 47.2 Å². The number of ether oxygens (including phenoxy) is 1. The molecule has 1 fully saturated rings. The van der Waals surface area contributed by atoms with Gasteiger partial charge in [0.1, 0.15) is 5.82 Å². The maximum Gasteiger partial charge on any atom is 0.229 e. The van der Waals surface area contributed by atoms with Gasteiger partial charge in [0, 0.05) is 36.6 Å². The van der Waals surface area contributed by atoms with Crippen LogP contribution in [-0.4, -0.2) is 60.9 Å². The highest BCUT2D eigenvalue weighted by Crippen LogP contribution is 2.32. The van der Waals surface area contributed by atoms with E-state index in [2.05, 4.69) is 19.6 Å². The van der Waals surface area contributed by atoms with Crippen molar-refractivity contribution in [2.24, 2.45) is 0 Å². The van der Waals surface area contributed by atoms with Crippen LogP contribution in [0.2, 0.25) is 0 Å². The fourth-order valence-corrected chi connectivity index (χ4v) is 4.42. The van der Waals surface area contributed by atoms with Gasteiger partial charge in [-0.15, -0.1) is 0 Å². The molecule has 0 aliphatic carbocycles. The molecule has 174 valence electrons. The molecule has 3 heterocycles. The number of morpholine rings is 1. The van der Waals surface area contributed by atoms with Crippen LogP contribution in [-0.2, 0) is 14.8 Å². The number of fused-ring (bicyclic) bond motifs is 1. The number of anilines is 3. The molecule has 1 aliphatic heterocycles. The van der Waals surface area contributed by atoms with Gasteiger partial charge in [-0.05, 0) is 35.4 Å². The molecule has 0 spiro atoms. The number of hydrogen-bond donors (Lipinski definition) is 2. The largest absolute Gasteiger partial charge is 0.378 e. The maximum atomic E-state index is 11.6. The van der Waals surface area contributed by atoms with Crippen molar-refractivity contribution in [1.29, 1.82) is 0 Å². The lowest BCUT2D eigenvalue weighted by molar-refractivity contribution is 0.122. The molecule has 0 atom stereocenters. The van der Waals surface area contributed by atoms with Crippen LogP contribution in [0.15, 0.2) is 54.9 Å². The normalized spacial score (nSPS) is 14.3. The molecule has 2 aromatic heterocycles. The number of rotatable bonds is 5. The molecule has 0 saturated carbocycles. The Bertz CT molecular complexity index is 1450. The van der Waals surface area contributed by atoms with Crippen LogP contribution < -0.4 is 15.4 Å². The summed E-state index contributed by atoms with van der Waals surface area (Å²) < 4.78 is 31.3. The van der Waals surface area contributed by atoms with Crippen molar-refractivity contribution in [3.05, 3.63) is 54.9 Å². The number of sulfonamides is 1. The van der Waals surface area contributed by atoms with Crippen molar-refractivity contribution in [2.45, 2.75) is 0 Å². The number of nitrogens with one attached hydrogen (secondary N) is 1. The third-order valence-electron chi connectivity index (χ3n) is 5.42. The minimum absolute atomic E-state index is 0.183. The quantitative estimate of drug-likeness (QED) is 0.444. The predicted molar refractivity (Wildman–Crippen MR) is 132 cm³/mol. The summed E-state index contributed by atoms with van der Waals surface area (Å²) in [6, 6.07) is 13.2. The number of nitrogen functional groups attached to an aromatic ring is 1. The summed E-state index contributed by atoms with van der Waals surface area (Å²) in [5, 5.41) is 0.913. The topological polar surface area (TPSA) is 136 Å². The zero-order valence-electron chi connectivity index (χ0n) is 18.5. The first-order chi connectivity index (χ1) is 16.4. The molecule has 4 aromatic rings. The molecule has 0 unspecified atom stereocenters. The van der Waals surface area contributed by atoms with E-state index in [1.54, 1.807) is 24.5 Å². The van der Waals surface area contributed by atoms with Gasteiger partial charge in [-0.3, -0.25) is 4.72 Å². The zero-order valence-corrected chi connectivity index (χ0v) is 19.3. The fourth-order valence-electron chi connectivity index (χ4n) is 3.87. The maximum absolute atomic E-state index is 11.6. The average molecular weight is 478 g/mol. The van der Waals surface area contributed by atoms with Gasteiger partial charge in [0.2, 0.25) is 16.0 Å². The standard InChI is InChI=1S/C23H23N7O3S/c1-34(31,32)29-18-4-2-3-15(11-18)16-5-6-19-20(12-16)27-21(17-13-25-23(24)26-14-17)28-22(19)30-7-9-33-10-8-30/h2-6,11-14,29H,7-10H2,1H3,(H2,24,25,26). The zero-order chi connectivity index (χ0) is 23.7. The van der Waals surface area contributed by atoms with Gasteiger partial charge < -0.3 is 15.4 Å². The molecule has 5 rings (SSSR count). The first-order valence-corrected chi connectivity index (χ1v) is 12.6. The molecular weight excluding hydrogens is 454 g/mol. The molecule has 1 aliphatic rings. The number of benzene rings is 2. The first-order valence-electron chi connectivity index (χ1n) is 10.7. The van der Waals surface area contributed by atoms with E-state index in [9.17, 15) is 8.42 Å². The lowest BCUT2D eigenvalue weighted by Gasteiger charge is -2.29. The van der Waals surface area contributed by atoms with E-state index in [1.165, 1.54) is 0 Å². The van der Waals surface area contributed by atoms with Crippen molar-refractivity contribution >= 4 is 38.4 Å². The minimum Gasteiger partial charge on any atom is -0.378 e. The SMILES string of the molecule is CS(=O)(=O)Nc1cccc(-c2ccc3c(N4CCOCC4)nc(-c4cnc(N)nc4)nc3c2)c1. The first kappa shape index (κ1) is 22.0. The molecule has 0 amide bonds. The Kier molecular flexibility index (Phi) is 5.72. The van der Waals surface area contributed by atoms with Crippen molar-refractivity contribution in [3.63, 3.8) is 0 Å². The summed E-state index contributed by atoms with van der Waals surface area (Å²) >= 11 is 0. The van der Waals surface area contributed by atoms with Gasteiger partial charge in [0.15, 0.2) is 5.82 Å². The highest BCUT2D eigenvalue weighted by molar-refractivity contribution is 7.92. The van der Waals surface area contributed by atoms with Gasteiger partial charge in [-0.2, -0.15) is 0 Å². The lowest BCUT2D eigenvalue weighted by Crippen LogP contribution is -2.37. The second-order valence-corrected chi connectivity index (χ2v) is 9.74. The van der Waals surface area contributed by atoms with E-state index in [-0.39, 0.29) is 5.95 Å². The summed E-state index contributed by atoms with van der Waals surface area (Å²) in [5.41, 5.74) is 9.32. The summed E-state index contributed by atoms with van der Waals surface area (Å²) in [6.45, 7) is 2.71. The molecule has 1 saturated heterocycles. The minimum atomic E-state index is -3.38. The highest BCUT2D eigenvalue weighted by atomic mass is 32.2. The molecule has 11 heteroatoms. The highest BCUT2D eigenvalue weighted by Gasteiger charge is 2.19. The van der Waals surface area contributed by atoms with Crippen LogP contribution in [0.25, 0.3) is 33.4 Å². The Morgan fingerprint density at radius 1 is 0.971 bits per heavy atom. The lowest BCUT2D eigenvalue weighted by atomic mass is 10.0. The molecule has 0 radical (unpaired) electrons. The van der Waals surface area contributed by atoms with Crippen LogP contribution in [0.5, 0.6) is 0 Å². The summed E-state index contributed by atoms with van der Waals surface area (Å²) in [4.78, 5) is 20.0. The number of nitrogens with zero attached hydrogens (tertiary/aromatic N) is 5. The smallest absolute Gasteiger partial charge is 0.229 e.